The highest BCUT2D eigenvalue weighted by molar-refractivity contribution is 14.1. The summed E-state index contributed by atoms with van der Waals surface area (Å²) in [6.45, 7) is 2.03. The predicted molar refractivity (Wildman–Crippen MR) is 89.3 cm³/mol. The second-order valence-electron chi connectivity index (χ2n) is 4.54. The van der Waals surface area contributed by atoms with E-state index in [0.717, 1.165) is 14.7 Å². The van der Waals surface area contributed by atoms with Crippen LogP contribution in [0.15, 0.2) is 42.5 Å². The lowest BCUT2D eigenvalue weighted by Gasteiger charge is -2.13. The first kappa shape index (κ1) is 15.3. The summed E-state index contributed by atoms with van der Waals surface area (Å²) in [6.07, 6.45) is 0.443. The van der Waals surface area contributed by atoms with Crippen LogP contribution >= 0.6 is 34.2 Å². The first-order valence-electron chi connectivity index (χ1n) is 6.12. The van der Waals surface area contributed by atoms with Crippen LogP contribution in [0.2, 0.25) is 0 Å². The quantitative estimate of drug-likeness (QED) is 0.312. The minimum atomic E-state index is -0.361. The van der Waals surface area contributed by atoms with Gasteiger partial charge in [0.05, 0.1) is 10.3 Å². The lowest BCUT2D eigenvalue weighted by molar-refractivity contribution is -0.385. The topological polar surface area (TPSA) is 43.1 Å². The van der Waals surface area contributed by atoms with Crippen molar-refractivity contribution in [2.45, 2.75) is 18.7 Å². The molecule has 0 spiro atoms. The van der Waals surface area contributed by atoms with E-state index < -0.39 is 0 Å². The molecule has 0 aliphatic heterocycles. The number of rotatable bonds is 4. The van der Waals surface area contributed by atoms with Crippen LogP contribution in [0.5, 0.6) is 0 Å². The molecule has 0 amide bonds. The third-order valence-electron chi connectivity index (χ3n) is 3.15. The van der Waals surface area contributed by atoms with Gasteiger partial charge in [0.15, 0.2) is 0 Å². The molecule has 0 aliphatic rings. The normalized spacial score (nSPS) is 12.2. The first-order valence-corrected chi connectivity index (χ1v) is 7.63. The number of halogens is 2. The largest absolute Gasteiger partial charge is 0.272 e. The van der Waals surface area contributed by atoms with Crippen LogP contribution in [0.4, 0.5) is 5.69 Å². The number of nitro benzene ring substituents is 1. The summed E-state index contributed by atoms with van der Waals surface area (Å²) in [7, 11) is 0. The van der Waals surface area contributed by atoms with Gasteiger partial charge in [0.25, 0.3) is 5.69 Å². The fraction of sp³-hybridized carbons (Fsp3) is 0.200. The Morgan fingerprint density at radius 1 is 1.25 bits per heavy atom. The van der Waals surface area contributed by atoms with E-state index in [9.17, 15) is 10.1 Å². The molecule has 0 aliphatic carbocycles. The average Bonchev–Trinajstić information content (AvgIpc) is 2.42. The first-order chi connectivity index (χ1) is 9.50. The van der Waals surface area contributed by atoms with E-state index in [-0.39, 0.29) is 16.0 Å². The maximum atomic E-state index is 11.0. The van der Waals surface area contributed by atoms with Crippen molar-refractivity contribution >= 4 is 39.9 Å². The Morgan fingerprint density at radius 3 is 2.65 bits per heavy atom. The van der Waals surface area contributed by atoms with E-state index in [0.29, 0.717) is 12.0 Å². The molecule has 2 aromatic carbocycles. The number of nitro groups is 1. The molecule has 1 unspecified atom stereocenters. The third-order valence-corrected chi connectivity index (χ3v) is 5.01. The molecule has 5 heteroatoms. The van der Waals surface area contributed by atoms with E-state index in [2.05, 4.69) is 22.6 Å². The van der Waals surface area contributed by atoms with Crippen LogP contribution in [0.25, 0.3) is 0 Å². The minimum Gasteiger partial charge on any atom is -0.258 e. The zero-order valence-electron chi connectivity index (χ0n) is 10.8. The standard InChI is InChI=1S/C15H13ClINO2/c1-10-5-4-7-12(15(10)17)13(16)9-11-6-2-3-8-14(11)18(19)20/h2-8,13H,9H2,1H3. The Labute approximate surface area is 136 Å². The fourth-order valence-corrected chi connectivity index (χ4v) is 3.34. The van der Waals surface area contributed by atoms with Crippen molar-refractivity contribution in [2.24, 2.45) is 0 Å². The maximum absolute atomic E-state index is 11.0. The molecule has 0 aromatic heterocycles. The smallest absolute Gasteiger partial charge is 0.258 e. The SMILES string of the molecule is Cc1cccc(C(Cl)Cc2ccccc2[N+](=O)[O-])c1I. The van der Waals surface area contributed by atoms with E-state index in [1.54, 1.807) is 18.2 Å². The summed E-state index contributed by atoms with van der Waals surface area (Å²) in [6, 6.07) is 12.7. The van der Waals surface area contributed by atoms with Crippen LogP contribution in [-0.2, 0) is 6.42 Å². The molecule has 0 bridgehead atoms. The van der Waals surface area contributed by atoms with Crippen molar-refractivity contribution in [3.63, 3.8) is 0 Å². The summed E-state index contributed by atoms with van der Waals surface area (Å²) in [5.74, 6) is 0. The number of benzene rings is 2. The van der Waals surface area contributed by atoms with Gasteiger partial charge in [-0.1, -0.05) is 36.4 Å². The Balaban J connectivity index is 2.30. The van der Waals surface area contributed by atoms with Gasteiger partial charge in [0, 0.05) is 15.2 Å². The van der Waals surface area contributed by atoms with Gasteiger partial charge >= 0.3 is 0 Å². The molecule has 0 N–H and O–H groups in total. The van der Waals surface area contributed by atoms with Gasteiger partial charge < -0.3 is 0 Å². The van der Waals surface area contributed by atoms with Gasteiger partial charge in [-0.25, -0.2) is 0 Å². The zero-order chi connectivity index (χ0) is 14.7. The number of aryl methyl sites for hydroxylation is 1. The zero-order valence-corrected chi connectivity index (χ0v) is 13.8. The maximum Gasteiger partial charge on any atom is 0.272 e. The van der Waals surface area contributed by atoms with Crippen LogP contribution in [0, 0.1) is 20.6 Å². The Hall–Kier alpha value is -1.14. The van der Waals surface area contributed by atoms with Crippen molar-refractivity contribution in [2.75, 3.05) is 0 Å². The van der Waals surface area contributed by atoms with Crippen molar-refractivity contribution in [3.05, 3.63) is 72.8 Å². The Morgan fingerprint density at radius 2 is 1.95 bits per heavy atom. The molecule has 104 valence electrons. The van der Waals surface area contributed by atoms with E-state index in [4.69, 9.17) is 11.6 Å². The van der Waals surface area contributed by atoms with Crippen LogP contribution in [0.3, 0.4) is 0 Å². The third kappa shape index (κ3) is 3.30. The lowest BCUT2D eigenvalue weighted by atomic mass is 10.0. The second-order valence-corrected chi connectivity index (χ2v) is 6.14. The van der Waals surface area contributed by atoms with Crippen LogP contribution in [-0.4, -0.2) is 4.92 Å². The minimum absolute atomic E-state index is 0.126. The van der Waals surface area contributed by atoms with Gasteiger partial charge in [-0.3, -0.25) is 10.1 Å². The van der Waals surface area contributed by atoms with Crippen LogP contribution < -0.4 is 0 Å². The fourth-order valence-electron chi connectivity index (χ4n) is 2.08. The van der Waals surface area contributed by atoms with E-state index in [1.807, 2.05) is 25.1 Å². The molecule has 2 rings (SSSR count). The highest BCUT2D eigenvalue weighted by atomic mass is 127. The molecule has 0 fully saturated rings. The predicted octanol–water partition coefficient (Wildman–Crippen LogP) is 5.03. The molecule has 3 nitrogen and oxygen atoms in total. The van der Waals surface area contributed by atoms with Gasteiger partial charge in [0.2, 0.25) is 0 Å². The molecule has 0 heterocycles. The van der Waals surface area contributed by atoms with Crippen LogP contribution in [0.1, 0.15) is 22.1 Å². The van der Waals surface area contributed by atoms with Gasteiger partial charge in [-0.2, -0.15) is 0 Å². The number of para-hydroxylation sites is 1. The lowest BCUT2D eigenvalue weighted by Crippen LogP contribution is -2.02. The summed E-state index contributed by atoms with van der Waals surface area (Å²) in [5, 5.41) is 10.7. The summed E-state index contributed by atoms with van der Waals surface area (Å²) >= 11 is 8.73. The molecule has 0 radical (unpaired) electrons. The van der Waals surface area contributed by atoms with Crippen molar-refractivity contribution in [1.82, 2.24) is 0 Å². The summed E-state index contributed by atoms with van der Waals surface area (Å²) < 4.78 is 1.11. The van der Waals surface area contributed by atoms with E-state index >= 15 is 0 Å². The molecule has 0 saturated heterocycles. The summed E-state index contributed by atoms with van der Waals surface area (Å²) in [5.41, 5.74) is 2.97. The van der Waals surface area contributed by atoms with Crippen molar-refractivity contribution in [1.29, 1.82) is 0 Å². The van der Waals surface area contributed by atoms with Crippen molar-refractivity contribution in [3.8, 4) is 0 Å². The average molecular weight is 402 g/mol. The van der Waals surface area contributed by atoms with Gasteiger partial charge in [-0.15, -0.1) is 11.6 Å². The number of alkyl halides is 1. The van der Waals surface area contributed by atoms with Crippen molar-refractivity contribution < 1.29 is 4.92 Å². The molecular formula is C15H13ClINO2. The summed E-state index contributed by atoms with van der Waals surface area (Å²) in [4.78, 5) is 10.7. The molecule has 1 atom stereocenters. The Bertz CT molecular complexity index is 646. The molecule has 2 aromatic rings. The van der Waals surface area contributed by atoms with E-state index in [1.165, 1.54) is 6.07 Å². The number of nitrogens with zero attached hydrogens (tertiary/aromatic N) is 1. The second kappa shape index (κ2) is 6.54. The highest BCUT2D eigenvalue weighted by Gasteiger charge is 2.19. The number of hydrogen-bond donors (Lipinski definition) is 0. The Kier molecular flexibility index (Phi) is 4.99. The monoisotopic (exact) mass is 401 g/mol. The number of hydrogen-bond acceptors (Lipinski definition) is 2. The molecule has 20 heavy (non-hydrogen) atoms. The van der Waals surface area contributed by atoms with Gasteiger partial charge in [0.1, 0.15) is 0 Å². The van der Waals surface area contributed by atoms with Gasteiger partial charge in [-0.05, 0) is 47.1 Å². The molecule has 0 saturated carbocycles. The molecular weight excluding hydrogens is 389 g/mol. The highest BCUT2D eigenvalue weighted by Crippen LogP contribution is 2.32.